The second kappa shape index (κ2) is 4.82. The van der Waals surface area contributed by atoms with Crippen LogP contribution in [0.3, 0.4) is 0 Å². The van der Waals surface area contributed by atoms with E-state index in [4.69, 9.17) is 0 Å². The van der Waals surface area contributed by atoms with Crippen molar-refractivity contribution in [2.75, 3.05) is 5.32 Å². The third-order valence-electron chi connectivity index (χ3n) is 3.32. The molecule has 7 heteroatoms. The number of aromatic nitrogens is 2. The van der Waals surface area contributed by atoms with E-state index in [1.54, 1.807) is 29.8 Å². The van der Waals surface area contributed by atoms with Crippen LogP contribution in [0.25, 0.3) is 0 Å². The van der Waals surface area contributed by atoms with Gasteiger partial charge in [-0.25, -0.2) is 4.98 Å². The summed E-state index contributed by atoms with van der Waals surface area (Å²) in [6.45, 7) is 1.55. The Morgan fingerprint density at radius 2 is 2.40 bits per heavy atom. The predicted octanol–water partition coefficient (Wildman–Crippen LogP) is 2.55. The molecule has 0 aliphatic carbocycles. The Bertz CT molecular complexity index is 672. The predicted molar refractivity (Wildman–Crippen MR) is 72.5 cm³/mol. The number of aryl methyl sites for hydroxylation is 1. The van der Waals surface area contributed by atoms with Gasteiger partial charge in [0.25, 0.3) is 0 Å². The Hall–Kier alpha value is -2.02. The molecular formula is C13H12FN3O2S. The van der Waals surface area contributed by atoms with Gasteiger partial charge < -0.3 is 9.88 Å². The molecule has 1 amide bonds. The minimum absolute atomic E-state index is 0.0372. The standard InChI is InChI=1S/C13H12FN3O2S/c1-7-11(14)20-13(15-7)16-12(19)9-4-5-10(18)8-3-2-6-17(8)9/h2-3,6,9H,4-5H2,1H3,(H,15,16,19). The number of carbonyl (C=O) groups is 2. The highest BCUT2D eigenvalue weighted by Gasteiger charge is 2.30. The van der Waals surface area contributed by atoms with Crippen molar-refractivity contribution in [3.63, 3.8) is 0 Å². The molecule has 0 fully saturated rings. The highest BCUT2D eigenvalue weighted by Crippen LogP contribution is 2.27. The average molecular weight is 293 g/mol. The van der Waals surface area contributed by atoms with Gasteiger partial charge in [-0.15, -0.1) is 0 Å². The number of amides is 1. The van der Waals surface area contributed by atoms with Gasteiger partial charge in [-0.3, -0.25) is 9.59 Å². The van der Waals surface area contributed by atoms with Crippen LogP contribution in [0.5, 0.6) is 0 Å². The summed E-state index contributed by atoms with van der Waals surface area (Å²) in [5.74, 6) is -0.237. The van der Waals surface area contributed by atoms with E-state index in [1.807, 2.05) is 0 Å². The summed E-state index contributed by atoms with van der Waals surface area (Å²) in [6.07, 6.45) is 2.50. The lowest BCUT2D eigenvalue weighted by Gasteiger charge is -2.24. The molecule has 1 N–H and O–H groups in total. The molecule has 0 aromatic carbocycles. The molecule has 0 saturated carbocycles. The number of fused-ring (bicyclic) bond motifs is 1. The summed E-state index contributed by atoms with van der Waals surface area (Å²) < 4.78 is 14.9. The van der Waals surface area contributed by atoms with Crippen LogP contribution in [0, 0.1) is 12.1 Å². The maximum atomic E-state index is 13.2. The number of hydrogen-bond acceptors (Lipinski definition) is 4. The molecule has 3 heterocycles. The van der Waals surface area contributed by atoms with E-state index in [-0.39, 0.29) is 22.5 Å². The smallest absolute Gasteiger partial charge is 0.249 e. The Morgan fingerprint density at radius 1 is 1.60 bits per heavy atom. The number of ketones is 1. The summed E-state index contributed by atoms with van der Waals surface area (Å²) in [5, 5.41) is 2.46. The van der Waals surface area contributed by atoms with Crippen LogP contribution in [0.4, 0.5) is 9.52 Å². The molecule has 3 rings (SSSR count). The fraction of sp³-hybridized carbons (Fsp3) is 0.308. The van der Waals surface area contributed by atoms with Gasteiger partial charge in [0.2, 0.25) is 11.0 Å². The van der Waals surface area contributed by atoms with Gasteiger partial charge in [-0.2, -0.15) is 4.39 Å². The van der Waals surface area contributed by atoms with Crippen LogP contribution in [0.1, 0.15) is 35.1 Å². The molecule has 5 nitrogen and oxygen atoms in total. The highest BCUT2D eigenvalue weighted by atomic mass is 32.1. The second-order valence-electron chi connectivity index (χ2n) is 4.65. The van der Waals surface area contributed by atoms with Crippen molar-refractivity contribution in [1.82, 2.24) is 9.55 Å². The number of nitrogens with zero attached hydrogens (tertiary/aromatic N) is 2. The minimum atomic E-state index is -0.454. The summed E-state index contributed by atoms with van der Waals surface area (Å²) in [5.41, 5.74) is 0.809. The molecule has 20 heavy (non-hydrogen) atoms. The minimum Gasteiger partial charge on any atom is -0.333 e. The van der Waals surface area contributed by atoms with Crippen molar-refractivity contribution in [2.24, 2.45) is 0 Å². The summed E-state index contributed by atoms with van der Waals surface area (Å²) >= 11 is 0.805. The zero-order valence-electron chi connectivity index (χ0n) is 10.7. The Kier molecular flexibility index (Phi) is 3.13. The molecule has 1 unspecified atom stereocenters. The van der Waals surface area contributed by atoms with Crippen LogP contribution >= 0.6 is 11.3 Å². The Morgan fingerprint density at radius 3 is 3.10 bits per heavy atom. The van der Waals surface area contributed by atoms with Gasteiger partial charge >= 0.3 is 0 Å². The second-order valence-corrected chi connectivity index (χ2v) is 5.59. The van der Waals surface area contributed by atoms with Gasteiger partial charge in [-0.05, 0) is 25.5 Å². The molecular weight excluding hydrogens is 281 g/mol. The lowest BCUT2D eigenvalue weighted by Crippen LogP contribution is -2.31. The van der Waals surface area contributed by atoms with E-state index in [0.29, 0.717) is 18.5 Å². The quantitative estimate of drug-likeness (QED) is 0.925. The van der Waals surface area contributed by atoms with Crippen LogP contribution in [0.15, 0.2) is 18.3 Å². The van der Waals surface area contributed by atoms with Gasteiger partial charge in [0.1, 0.15) is 6.04 Å². The van der Waals surface area contributed by atoms with Crippen molar-refractivity contribution in [3.05, 3.63) is 34.8 Å². The molecule has 0 saturated heterocycles. The maximum absolute atomic E-state index is 13.2. The van der Waals surface area contributed by atoms with Gasteiger partial charge in [0.05, 0.1) is 11.4 Å². The molecule has 0 radical (unpaired) electrons. The number of thiazole rings is 1. The lowest BCUT2D eigenvalue weighted by molar-refractivity contribution is -0.119. The average Bonchev–Trinajstić information content (AvgIpc) is 2.98. The molecule has 104 valence electrons. The zero-order valence-corrected chi connectivity index (χ0v) is 11.5. The van der Waals surface area contributed by atoms with Crippen molar-refractivity contribution in [2.45, 2.75) is 25.8 Å². The van der Waals surface area contributed by atoms with E-state index < -0.39 is 11.2 Å². The molecule has 1 aliphatic rings. The molecule has 1 atom stereocenters. The number of nitrogens with one attached hydrogen (secondary N) is 1. The van der Waals surface area contributed by atoms with Gasteiger partial charge in [0.15, 0.2) is 10.9 Å². The van der Waals surface area contributed by atoms with E-state index in [9.17, 15) is 14.0 Å². The number of halogens is 1. The highest BCUT2D eigenvalue weighted by molar-refractivity contribution is 7.14. The number of carbonyl (C=O) groups excluding carboxylic acids is 2. The van der Waals surface area contributed by atoms with Crippen LogP contribution in [0.2, 0.25) is 0 Å². The van der Waals surface area contributed by atoms with Crippen LogP contribution in [-0.4, -0.2) is 21.2 Å². The lowest BCUT2D eigenvalue weighted by atomic mass is 10.0. The van der Waals surface area contributed by atoms with Crippen molar-refractivity contribution in [3.8, 4) is 0 Å². The number of hydrogen-bond donors (Lipinski definition) is 1. The van der Waals surface area contributed by atoms with E-state index >= 15 is 0 Å². The Labute approximate surface area is 118 Å². The van der Waals surface area contributed by atoms with Crippen LogP contribution < -0.4 is 5.32 Å². The third-order valence-corrected chi connectivity index (χ3v) is 4.18. The number of rotatable bonds is 2. The summed E-state index contributed by atoms with van der Waals surface area (Å²) in [7, 11) is 0. The molecule has 0 spiro atoms. The first-order valence-corrected chi connectivity index (χ1v) is 7.02. The summed E-state index contributed by atoms with van der Waals surface area (Å²) in [6, 6.07) is 2.99. The maximum Gasteiger partial charge on any atom is 0.249 e. The van der Waals surface area contributed by atoms with E-state index in [2.05, 4.69) is 10.3 Å². The van der Waals surface area contributed by atoms with Crippen LogP contribution in [-0.2, 0) is 4.79 Å². The molecule has 2 aromatic rings. The van der Waals surface area contributed by atoms with E-state index in [1.165, 1.54) is 0 Å². The van der Waals surface area contributed by atoms with E-state index in [0.717, 1.165) is 11.3 Å². The molecule has 1 aliphatic heterocycles. The normalized spacial score (nSPS) is 17.9. The zero-order chi connectivity index (χ0) is 14.3. The first-order chi connectivity index (χ1) is 9.56. The van der Waals surface area contributed by atoms with Crippen molar-refractivity contribution < 1.29 is 14.0 Å². The monoisotopic (exact) mass is 293 g/mol. The topological polar surface area (TPSA) is 64.0 Å². The first kappa shape index (κ1) is 13.0. The first-order valence-electron chi connectivity index (χ1n) is 6.20. The molecule has 2 aromatic heterocycles. The largest absolute Gasteiger partial charge is 0.333 e. The molecule has 0 bridgehead atoms. The fourth-order valence-corrected chi connectivity index (χ4v) is 3.01. The Balaban J connectivity index is 1.82. The van der Waals surface area contributed by atoms with Crippen molar-refractivity contribution >= 4 is 28.2 Å². The van der Waals surface area contributed by atoms with Gasteiger partial charge in [0, 0.05) is 12.6 Å². The third kappa shape index (κ3) is 2.14. The number of Topliss-reactive ketones (excluding diaryl/α,β-unsaturated/α-hetero) is 1. The fourth-order valence-electron chi connectivity index (χ4n) is 2.31. The van der Waals surface area contributed by atoms with Crippen molar-refractivity contribution in [1.29, 1.82) is 0 Å². The van der Waals surface area contributed by atoms with Gasteiger partial charge in [-0.1, -0.05) is 11.3 Å². The summed E-state index contributed by atoms with van der Waals surface area (Å²) in [4.78, 5) is 27.9. The SMILES string of the molecule is Cc1nc(NC(=O)C2CCC(=O)c3cccn32)sc1F. The number of anilines is 1.